The fraction of sp³-hybridized carbons (Fsp3) is 0.312. The molecule has 4 nitrogen and oxygen atoms in total. The van der Waals surface area contributed by atoms with Crippen LogP contribution in [0.15, 0.2) is 47.1 Å². The van der Waals surface area contributed by atoms with E-state index in [9.17, 15) is 4.79 Å². The lowest BCUT2D eigenvalue weighted by atomic mass is 10.2. The van der Waals surface area contributed by atoms with E-state index in [-0.39, 0.29) is 12.3 Å². The molecule has 1 amide bonds. The van der Waals surface area contributed by atoms with Gasteiger partial charge in [0.1, 0.15) is 11.5 Å². The van der Waals surface area contributed by atoms with Crippen LogP contribution in [0, 0.1) is 5.92 Å². The molecule has 0 aliphatic heterocycles. The van der Waals surface area contributed by atoms with Crippen LogP contribution in [0.4, 0.5) is 5.69 Å². The van der Waals surface area contributed by atoms with Crippen molar-refractivity contribution in [1.29, 1.82) is 0 Å². The van der Waals surface area contributed by atoms with Crippen molar-refractivity contribution in [1.82, 2.24) is 0 Å². The normalized spacial score (nSPS) is 10.6. The maximum Gasteiger partial charge on any atom is 0.231 e. The molecule has 0 atom stereocenters. The molecule has 0 aliphatic carbocycles. The number of amides is 1. The highest BCUT2D eigenvalue weighted by Gasteiger charge is 2.06. The smallest absolute Gasteiger partial charge is 0.231 e. The van der Waals surface area contributed by atoms with Crippen LogP contribution in [0.3, 0.4) is 0 Å². The Bertz CT molecular complexity index is 529. The van der Waals surface area contributed by atoms with E-state index in [0.717, 1.165) is 11.4 Å². The molecular weight excluding hydrogens is 254 g/mol. The molecule has 106 valence electrons. The summed E-state index contributed by atoms with van der Waals surface area (Å²) in [4.78, 5) is 11.8. The van der Waals surface area contributed by atoms with Crippen LogP contribution in [0.5, 0.6) is 5.75 Å². The van der Waals surface area contributed by atoms with E-state index < -0.39 is 0 Å². The Balaban J connectivity index is 1.85. The zero-order valence-electron chi connectivity index (χ0n) is 11.8. The van der Waals surface area contributed by atoms with Gasteiger partial charge in [0.05, 0.1) is 19.3 Å². The molecule has 0 bridgehead atoms. The first kappa shape index (κ1) is 14.2. The Labute approximate surface area is 118 Å². The quantitative estimate of drug-likeness (QED) is 0.876. The van der Waals surface area contributed by atoms with Crippen molar-refractivity contribution in [3.8, 4) is 5.75 Å². The van der Waals surface area contributed by atoms with E-state index in [0.29, 0.717) is 18.3 Å². The number of nitrogens with one attached hydrogen (secondary N) is 1. The first-order valence-electron chi connectivity index (χ1n) is 6.68. The van der Waals surface area contributed by atoms with Gasteiger partial charge < -0.3 is 14.5 Å². The van der Waals surface area contributed by atoms with Gasteiger partial charge in [-0.3, -0.25) is 4.79 Å². The molecule has 2 rings (SSSR count). The summed E-state index contributed by atoms with van der Waals surface area (Å²) in [6.45, 7) is 4.89. The van der Waals surface area contributed by atoms with Gasteiger partial charge in [-0.1, -0.05) is 13.8 Å². The average Bonchev–Trinajstić information content (AvgIpc) is 2.90. The molecule has 0 radical (unpaired) electrons. The highest BCUT2D eigenvalue weighted by atomic mass is 16.5. The minimum absolute atomic E-state index is 0.101. The molecule has 4 heteroatoms. The summed E-state index contributed by atoms with van der Waals surface area (Å²) in [5.74, 6) is 1.85. The van der Waals surface area contributed by atoms with Gasteiger partial charge in [0.25, 0.3) is 0 Å². The first-order valence-corrected chi connectivity index (χ1v) is 6.68. The van der Waals surface area contributed by atoms with Crippen molar-refractivity contribution < 1.29 is 13.9 Å². The molecule has 0 saturated carbocycles. The maximum atomic E-state index is 11.8. The van der Waals surface area contributed by atoms with Crippen LogP contribution < -0.4 is 10.1 Å². The standard InChI is InChI=1S/C16H19NO3/c1-12(2)11-20-14-7-5-13(6-8-14)17-16(18)10-15-4-3-9-19-15/h3-9,12H,10-11H2,1-2H3,(H,17,18). The molecule has 0 fully saturated rings. The molecule has 0 aliphatic rings. The third kappa shape index (κ3) is 4.46. The van der Waals surface area contributed by atoms with Gasteiger partial charge in [0.2, 0.25) is 5.91 Å². The SMILES string of the molecule is CC(C)COc1ccc(NC(=O)Cc2ccco2)cc1. The zero-order chi connectivity index (χ0) is 14.4. The highest BCUT2D eigenvalue weighted by molar-refractivity contribution is 5.91. The number of rotatable bonds is 6. The largest absolute Gasteiger partial charge is 0.493 e. The van der Waals surface area contributed by atoms with Crippen LogP contribution in [-0.2, 0) is 11.2 Å². The van der Waals surface area contributed by atoms with Crippen LogP contribution in [0.2, 0.25) is 0 Å². The van der Waals surface area contributed by atoms with Crippen molar-refractivity contribution in [3.05, 3.63) is 48.4 Å². The molecule has 0 saturated heterocycles. The van der Waals surface area contributed by atoms with Gasteiger partial charge in [-0.15, -0.1) is 0 Å². The second-order valence-electron chi connectivity index (χ2n) is 5.03. The van der Waals surface area contributed by atoms with E-state index in [4.69, 9.17) is 9.15 Å². The van der Waals surface area contributed by atoms with Gasteiger partial charge in [-0.05, 0) is 42.3 Å². The third-order valence-electron chi connectivity index (χ3n) is 2.64. The lowest BCUT2D eigenvalue weighted by Gasteiger charge is -2.09. The fourth-order valence-electron chi connectivity index (χ4n) is 1.67. The summed E-state index contributed by atoms with van der Waals surface area (Å²) in [7, 11) is 0. The minimum atomic E-state index is -0.101. The van der Waals surface area contributed by atoms with E-state index in [2.05, 4.69) is 19.2 Å². The van der Waals surface area contributed by atoms with E-state index >= 15 is 0 Å². The second-order valence-corrected chi connectivity index (χ2v) is 5.03. The number of carbonyl (C=O) groups excluding carboxylic acids is 1. The number of anilines is 1. The molecule has 0 unspecified atom stereocenters. The summed E-state index contributed by atoms with van der Waals surface area (Å²) < 4.78 is 10.7. The third-order valence-corrected chi connectivity index (χ3v) is 2.64. The van der Waals surface area contributed by atoms with E-state index in [1.54, 1.807) is 18.4 Å². The topological polar surface area (TPSA) is 51.5 Å². The number of furan rings is 1. The Kier molecular flexibility index (Phi) is 4.82. The molecule has 2 aromatic rings. The van der Waals surface area contributed by atoms with Gasteiger partial charge in [-0.25, -0.2) is 0 Å². The summed E-state index contributed by atoms with van der Waals surface area (Å²) in [6.07, 6.45) is 1.79. The summed E-state index contributed by atoms with van der Waals surface area (Å²) in [6, 6.07) is 10.9. The Morgan fingerprint density at radius 3 is 2.60 bits per heavy atom. The van der Waals surface area contributed by atoms with Crippen molar-refractivity contribution in [2.24, 2.45) is 5.92 Å². The fourth-order valence-corrected chi connectivity index (χ4v) is 1.67. The van der Waals surface area contributed by atoms with Crippen LogP contribution in [-0.4, -0.2) is 12.5 Å². The Hall–Kier alpha value is -2.23. The zero-order valence-corrected chi connectivity index (χ0v) is 11.8. The van der Waals surface area contributed by atoms with Crippen molar-refractivity contribution in [2.45, 2.75) is 20.3 Å². The van der Waals surface area contributed by atoms with Crippen molar-refractivity contribution in [3.63, 3.8) is 0 Å². The van der Waals surface area contributed by atoms with Crippen LogP contribution in [0.25, 0.3) is 0 Å². The Morgan fingerprint density at radius 2 is 2.00 bits per heavy atom. The van der Waals surface area contributed by atoms with Gasteiger partial charge in [0, 0.05) is 5.69 Å². The van der Waals surface area contributed by atoms with E-state index in [1.807, 2.05) is 24.3 Å². The van der Waals surface area contributed by atoms with E-state index in [1.165, 1.54) is 0 Å². The van der Waals surface area contributed by atoms with Crippen molar-refractivity contribution in [2.75, 3.05) is 11.9 Å². The number of hydrogen-bond donors (Lipinski definition) is 1. The van der Waals surface area contributed by atoms with Gasteiger partial charge in [0.15, 0.2) is 0 Å². The summed E-state index contributed by atoms with van der Waals surface area (Å²) in [5, 5.41) is 2.82. The van der Waals surface area contributed by atoms with Gasteiger partial charge >= 0.3 is 0 Å². The lowest BCUT2D eigenvalue weighted by molar-refractivity contribution is -0.115. The molecule has 1 aromatic heterocycles. The number of ether oxygens (including phenoxy) is 1. The molecular formula is C16H19NO3. The monoisotopic (exact) mass is 273 g/mol. The minimum Gasteiger partial charge on any atom is -0.493 e. The summed E-state index contributed by atoms with van der Waals surface area (Å²) >= 11 is 0. The molecule has 1 heterocycles. The highest BCUT2D eigenvalue weighted by Crippen LogP contribution is 2.16. The van der Waals surface area contributed by atoms with Crippen molar-refractivity contribution >= 4 is 11.6 Å². The lowest BCUT2D eigenvalue weighted by Crippen LogP contribution is -2.13. The number of hydrogen-bond acceptors (Lipinski definition) is 3. The molecule has 20 heavy (non-hydrogen) atoms. The molecule has 1 N–H and O–H groups in total. The van der Waals surface area contributed by atoms with Crippen LogP contribution in [0.1, 0.15) is 19.6 Å². The number of benzene rings is 1. The van der Waals surface area contributed by atoms with Gasteiger partial charge in [-0.2, -0.15) is 0 Å². The second kappa shape index (κ2) is 6.80. The first-order chi connectivity index (χ1) is 9.63. The molecule has 1 aromatic carbocycles. The number of carbonyl (C=O) groups is 1. The van der Waals surface area contributed by atoms with Crippen LogP contribution >= 0.6 is 0 Å². The Morgan fingerprint density at radius 1 is 1.25 bits per heavy atom. The maximum absolute atomic E-state index is 11.8. The predicted octanol–water partition coefficient (Wildman–Crippen LogP) is 3.50. The predicted molar refractivity (Wildman–Crippen MR) is 77.8 cm³/mol. The molecule has 0 spiro atoms. The average molecular weight is 273 g/mol. The summed E-state index contributed by atoms with van der Waals surface area (Å²) in [5.41, 5.74) is 0.749.